The fourth-order valence-corrected chi connectivity index (χ4v) is 4.57. The van der Waals surface area contributed by atoms with Crippen LogP contribution in [0.1, 0.15) is 27.2 Å². The summed E-state index contributed by atoms with van der Waals surface area (Å²) >= 11 is 6.17. The summed E-state index contributed by atoms with van der Waals surface area (Å²) in [5, 5.41) is 7.35. The second-order valence-electron chi connectivity index (χ2n) is 7.85. The second kappa shape index (κ2) is 9.86. The minimum atomic E-state index is -3.30. The Bertz CT molecular complexity index is 829. The van der Waals surface area contributed by atoms with Crippen LogP contribution in [0.3, 0.4) is 0 Å². The zero-order valence-electron chi connectivity index (χ0n) is 17.8. The van der Waals surface area contributed by atoms with E-state index in [-0.39, 0.29) is 6.04 Å². The molecule has 0 amide bonds. The Morgan fingerprint density at radius 1 is 1.41 bits per heavy atom. The van der Waals surface area contributed by atoms with Gasteiger partial charge in [0.25, 0.3) is 0 Å². The molecule has 1 aliphatic rings. The van der Waals surface area contributed by atoms with Crippen molar-refractivity contribution in [1.29, 1.82) is 0 Å². The maximum Gasteiger partial charge on any atom is 0.209 e. The number of rotatable bonds is 8. The van der Waals surface area contributed by atoms with Crippen molar-refractivity contribution in [3.8, 4) is 5.75 Å². The number of hydrogen-bond acceptors (Lipinski definition) is 5. The highest BCUT2D eigenvalue weighted by molar-refractivity contribution is 7.88. The van der Waals surface area contributed by atoms with E-state index in [0.717, 1.165) is 37.2 Å². The standard InChI is InChI=1S/C19H32ClN5O3S/c1-6-21-18(22-13-19(2,3)24-29(5,26)27)23-15-9-10-25(12-15)16-11-14(20)7-8-17(16)28-4/h7-8,11,15,24H,6,9-10,12-13H2,1-5H3,(H2,21,22,23). The van der Waals surface area contributed by atoms with Crippen molar-refractivity contribution in [2.45, 2.75) is 38.8 Å². The molecule has 1 aromatic rings. The van der Waals surface area contributed by atoms with Crippen LogP contribution in [0.5, 0.6) is 5.75 Å². The van der Waals surface area contributed by atoms with Gasteiger partial charge in [0, 0.05) is 36.2 Å². The molecule has 0 radical (unpaired) electrons. The molecule has 0 saturated carbocycles. The van der Waals surface area contributed by atoms with Crippen LogP contribution in [0.15, 0.2) is 23.2 Å². The van der Waals surface area contributed by atoms with E-state index >= 15 is 0 Å². The van der Waals surface area contributed by atoms with Gasteiger partial charge in [0.15, 0.2) is 5.96 Å². The molecule has 0 bridgehead atoms. The van der Waals surface area contributed by atoms with E-state index in [1.807, 2.05) is 39.0 Å². The summed E-state index contributed by atoms with van der Waals surface area (Å²) in [4.78, 5) is 6.82. The van der Waals surface area contributed by atoms with Crippen molar-refractivity contribution in [1.82, 2.24) is 15.4 Å². The van der Waals surface area contributed by atoms with Gasteiger partial charge < -0.3 is 20.3 Å². The Hall–Kier alpha value is -1.71. The van der Waals surface area contributed by atoms with Crippen LogP contribution < -0.4 is 25.0 Å². The zero-order chi connectivity index (χ0) is 21.7. The Morgan fingerprint density at radius 2 is 2.14 bits per heavy atom. The monoisotopic (exact) mass is 445 g/mol. The molecule has 1 heterocycles. The van der Waals surface area contributed by atoms with E-state index in [2.05, 4.69) is 25.2 Å². The second-order valence-corrected chi connectivity index (χ2v) is 10.0. The summed E-state index contributed by atoms with van der Waals surface area (Å²) in [6, 6.07) is 5.81. The number of benzene rings is 1. The van der Waals surface area contributed by atoms with Crippen molar-refractivity contribution in [3.63, 3.8) is 0 Å². The molecule has 8 nitrogen and oxygen atoms in total. The van der Waals surface area contributed by atoms with Crippen molar-refractivity contribution in [2.75, 3.05) is 44.4 Å². The van der Waals surface area contributed by atoms with Crippen LogP contribution in [0, 0.1) is 0 Å². The highest BCUT2D eigenvalue weighted by Gasteiger charge is 2.26. The first kappa shape index (κ1) is 23.6. The minimum Gasteiger partial charge on any atom is -0.495 e. The number of ether oxygens (including phenoxy) is 1. The molecule has 0 aliphatic carbocycles. The van der Waals surface area contributed by atoms with Gasteiger partial charge in [-0.1, -0.05) is 11.6 Å². The van der Waals surface area contributed by atoms with Gasteiger partial charge in [-0.2, -0.15) is 0 Å². The molecule has 1 aromatic carbocycles. The van der Waals surface area contributed by atoms with Crippen molar-refractivity contribution in [2.24, 2.45) is 4.99 Å². The van der Waals surface area contributed by atoms with Crippen molar-refractivity contribution >= 4 is 33.3 Å². The van der Waals surface area contributed by atoms with E-state index in [4.69, 9.17) is 16.3 Å². The van der Waals surface area contributed by atoms with E-state index in [9.17, 15) is 8.42 Å². The summed E-state index contributed by atoms with van der Waals surface area (Å²) in [6.07, 6.45) is 2.09. The first-order valence-electron chi connectivity index (χ1n) is 9.65. The highest BCUT2D eigenvalue weighted by Crippen LogP contribution is 2.33. The SMILES string of the molecule is CCNC(=NCC(C)(C)NS(C)(=O)=O)NC1CCN(c2cc(Cl)ccc2OC)C1. The molecule has 164 valence electrons. The van der Waals surface area contributed by atoms with Crippen molar-refractivity contribution < 1.29 is 13.2 Å². The number of anilines is 1. The van der Waals surface area contributed by atoms with Crippen molar-refractivity contribution in [3.05, 3.63) is 23.2 Å². The average Bonchev–Trinajstić information content (AvgIpc) is 3.06. The summed E-state index contributed by atoms with van der Waals surface area (Å²) in [5.74, 6) is 1.46. The maximum absolute atomic E-state index is 11.5. The Balaban J connectivity index is 2.04. The zero-order valence-corrected chi connectivity index (χ0v) is 19.3. The smallest absolute Gasteiger partial charge is 0.209 e. The first-order valence-corrected chi connectivity index (χ1v) is 11.9. The first-order chi connectivity index (χ1) is 13.5. The molecule has 1 aliphatic heterocycles. The Morgan fingerprint density at radius 3 is 2.76 bits per heavy atom. The van der Waals surface area contributed by atoms with Crippen LogP contribution in [-0.4, -0.2) is 65.5 Å². The van der Waals surface area contributed by atoms with Gasteiger partial charge in [0.05, 0.1) is 25.6 Å². The molecule has 0 spiro atoms. The van der Waals surface area contributed by atoms with Gasteiger partial charge in [-0.3, -0.25) is 4.99 Å². The molecule has 2 rings (SSSR count). The minimum absolute atomic E-state index is 0.197. The molecule has 1 fully saturated rings. The number of guanidine groups is 1. The van der Waals surface area contributed by atoms with Gasteiger partial charge in [-0.15, -0.1) is 0 Å². The molecular weight excluding hydrogens is 414 g/mol. The van der Waals surface area contributed by atoms with Gasteiger partial charge in [0.1, 0.15) is 5.75 Å². The fourth-order valence-electron chi connectivity index (χ4n) is 3.33. The quantitative estimate of drug-likeness (QED) is 0.417. The van der Waals surface area contributed by atoms with Crippen LogP contribution in [0.4, 0.5) is 5.69 Å². The lowest BCUT2D eigenvalue weighted by Gasteiger charge is -2.25. The summed E-state index contributed by atoms with van der Waals surface area (Å²) in [6.45, 7) is 8.29. The molecule has 1 saturated heterocycles. The number of halogens is 1. The molecule has 29 heavy (non-hydrogen) atoms. The predicted octanol–water partition coefficient (Wildman–Crippen LogP) is 1.81. The van der Waals surface area contributed by atoms with Crippen LogP contribution in [0.2, 0.25) is 5.02 Å². The van der Waals surface area contributed by atoms with Gasteiger partial charge in [0.2, 0.25) is 10.0 Å². The topological polar surface area (TPSA) is 95.1 Å². The lowest BCUT2D eigenvalue weighted by Crippen LogP contribution is -2.48. The lowest BCUT2D eigenvalue weighted by molar-refractivity contribution is 0.415. The summed E-state index contributed by atoms with van der Waals surface area (Å²) in [5.41, 5.74) is 0.302. The highest BCUT2D eigenvalue weighted by atomic mass is 35.5. The number of hydrogen-bond donors (Lipinski definition) is 3. The van der Waals surface area contributed by atoms with E-state index in [1.165, 1.54) is 0 Å². The molecule has 1 unspecified atom stereocenters. The molecule has 0 aromatic heterocycles. The van der Waals surface area contributed by atoms with Crippen LogP contribution >= 0.6 is 11.6 Å². The van der Waals surface area contributed by atoms with Gasteiger partial charge in [-0.25, -0.2) is 13.1 Å². The molecule has 10 heteroatoms. The number of nitrogens with zero attached hydrogens (tertiary/aromatic N) is 2. The molecular formula is C19H32ClN5O3S. The van der Waals surface area contributed by atoms with Gasteiger partial charge >= 0.3 is 0 Å². The number of methoxy groups -OCH3 is 1. The predicted molar refractivity (Wildman–Crippen MR) is 120 cm³/mol. The van der Waals surface area contributed by atoms with Crippen LogP contribution in [0.25, 0.3) is 0 Å². The maximum atomic E-state index is 11.5. The Labute approximate surface area is 179 Å². The number of nitrogens with one attached hydrogen (secondary N) is 3. The third-order valence-corrected chi connectivity index (χ3v) is 5.61. The number of aliphatic imine (C=N–C) groups is 1. The van der Waals surface area contributed by atoms with E-state index in [0.29, 0.717) is 24.1 Å². The van der Waals surface area contributed by atoms with E-state index < -0.39 is 15.6 Å². The average molecular weight is 446 g/mol. The lowest BCUT2D eigenvalue weighted by atomic mass is 10.1. The molecule has 3 N–H and O–H groups in total. The largest absolute Gasteiger partial charge is 0.495 e. The summed E-state index contributed by atoms with van der Waals surface area (Å²) in [7, 11) is -1.65. The Kier molecular flexibility index (Phi) is 8.02. The fraction of sp³-hybridized carbons (Fsp3) is 0.632. The molecule has 1 atom stereocenters. The normalized spacial score (nSPS) is 18.1. The van der Waals surface area contributed by atoms with Gasteiger partial charge in [-0.05, 0) is 45.4 Å². The van der Waals surface area contributed by atoms with Crippen LogP contribution in [-0.2, 0) is 10.0 Å². The van der Waals surface area contributed by atoms with E-state index in [1.54, 1.807) is 7.11 Å². The summed E-state index contributed by atoms with van der Waals surface area (Å²) < 4.78 is 31.1. The number of sulfonamides is 1. The third kappa shape index (κ3) is 7.56. The third-order valence-electron chi connectivity index (χ3n) is 4.45.